The molecule has 1 N–H and O–H groups in total. The van der Waals surface area contributed by atoms with Crippen molar-refractivity contribution in [2.75, 3.05) is 30.9 Å². The highest BCUT2D eigenvalue weighted by Crippen LogP contribution is 2.21. The third kappa shape index (κ3) is 4.19. The molecule has 0 aliphatic rings. The lowest BCUT2D eigenvalue weighted by molar-refractivity contribution is 0.366. The van der Waals surface area contributed by atoms with Crippen LogP contribution in [0.25, 0.3) is 0 Å². The Morgan fingerprint density at radius 3 is 2.48 bits per heavy atom. The van der Waals surface area contributed by atoms with Crippen LogP contribution in [0.4, 0.5) is 11.4 Å². The molecule has 3 nitrogen and oxygen atoms in total. The summed E-state index contributed by atoms with van der Waals surface area (Å²) in [5.74, 6) is 3.31. The van der Waals surface area contributed by atoms with Crippen LogP contribution in [0, 0.1) is 12.3 Å². The number of terminal acetylenes is 1. The Kier molecular flexibility index (Phi) is 5.11. The summed E-state index contributed by atoms with van der Waals surface area (Å²) in [4.78, 5) is 2.08. The number of hydrogen-bond donors (Lipinski definition) is 1. The minimum atomic E-state index is 0.286. The van der Waals surface area contributed by atoms with Crippen LogP contribution < -0.4 is 15.0 Å². The highest BCUT2D eigenvalue weighted by atomic mass is 16.5. The lowest BCUT2D eigenvalue weighted by Crippen LogP contribution is -2.08. The molecule has 0 aromatic heterocycles. The molecule has 0 aliphatic carbocycles. The summed E-state index contributed by atoms with van der Waals surface area (Å²) < 4.78 is 5.54. The molecule has 2 rings (SSSR count). The smallest absolute Gasteiger partial charge is 0.148 e. The number of nitrogens with one attached hydrogen (secondary N) is 1. The number of benzene rings is 2. The summed E-state index contributed by atoms with van der Waals surface area (Å²) in [7, 11) is 4.06. The first kappa shape index (κ1) is 14.8. The van der Waals surface area contributed by atoms with Crippen molar-refractivity contribution >= 4 is 11.4 Å². The minimum Gasteiger partial charge on any atom is -0.481 e. The maximum absolute atomic E-state index is 5.54. The molecular formula is C18H20N2O. The normalized spacial score (nSPS) is 9.76. The van der Waals surface area contributed by atoms with Crippen molar-refractivity contribution in [3.05, 3.63) is 54.1 Å². The van der Waals surface area contributed by atoms with E-state index in [1.165, 1.54) is 5.69 Å². The second-order valence-electron chi connectivity index (χ2n) is 4.90. The molecular weight excluding hydrogens is 260 g/mol. The molecule has 0 radical (unpaired) electrons. The van der Waals surface area contributed by atoms with E-state index in [0.717, 1.165) is 17.0 Å². The van der Waals surface area contributed by atoms with Crippen molar-refractivity contribution < 1.29 is 4.74 Å². The fraction of sp³-hybridized carbons (Fsp3) is 0.222. The molecule has 0 aliphatic heterocycles. The van der Waals surface area contributed by atoms with Crippen LogP contribution in [0.3, 0.4) is 0 Å². The highest BCUT2D eigenvalue weighted by molar-refractivity contribution is 5.54. The fourth-order valence-corrected chi connectivity index (χ4v) is 1.98. The van der Waals surface area contributed by atoms with Gasteiger partial charge in [0.15, 0.2) is 0 Å². The van der Waals surface area contributed by atoms with Crippen LogP contribution in [0.2, 0.25) is 0 Å². The summed E-state index contributed by atoms with van der Waals surface area (Å²) >= 11 is 0. The first-order valence-corrected chi connectivity index (χ1v) is 6.86. The van der Waals surface area contributed by atoms with Gasteiger partial charge in [0.2, 0.25) is 0 Å². The van der Waals surface area contributed by atoms with E-state index in [-0.39, 0.29) is 6.61 Å². The van der Waals surface area contributed by atoms with Gasteiger partial charge >= 0.3 is 0 Å². The monoisotopic (exact) mass is 280 g/mol. The molecule has 0 fully saturated rings. The standard InChI is InChI=1S/C18H20N2O/c1-4-13-21-18-8-6-5-7-15(18)14-19-16-9-11-17(12-10-16)20(2)3/h1,5-12,19H,13-14H2,2-3H3. The van der Waals surface area contributed by atoms with Crippen LogP contribution >= 0.6 is 0 Å². The molecule has 0 unspecified atom stereocenters. The first-order valence-electron chi connectivity index (χ1n) is 6.86. The molecule has 0 amide bonds. The molecule has 0 saturated carbocycles. The molecule has 3 heteroatoms. The van der Waals surface area contributed by atoms with Gasteiger partial charge in [-0.05, 0) is 30.3 Å². The third-order valence-corrected chi connectivity index (χ3v) is 3.15. The predicted octanol–water partition coefficient (Wildman–Crippen LogP) is 3.38. The lowest BCUT2D eigenvalue weighted by Gasteiger charge is -2.14. The number of ether oxygens (including phenoxy) is 1. The van der Waals surface area contributed by atoms with E-state index in [4.69, 9.17) is 11.2 Å². The highest BCUT2D eigenvalue weighted by Gasteiger charge is 2.02. The van der Waals surface area contributed by atoms with E-state index in [0.29, 0.717) is 6.54 Å². The van der Waals surface area contributed by atoms with Crippen molar-refractivity contribution in [1.82, 2.24) is 0 Å². The van der Waals surface area contributed by atoms with Crippen molar-refractivity contribution in [2.24, 2.45) is 0 Å². The molecule has 2 aromatic rings. The largest absolute Gasteiger partial charge is 0.481 e. The summed E-state index contributed by atoms with van der Waals surface area (Å²) in [6, 6.07) is 16.2. The summed E-state index contributed by atoms with van der Waals surface area (Å²) in [5, 5.41) is 3.39. The van der Waals surface area contributed by atoms with E-state index >= 15 is 0 Å². The minimum absolute atomic E-state index is 0.286. The molecule has 0 spiro atoms. The van der Waals surface area contributed by atoms with Crippen LogP contribution in [-0.4, -0.2) is 20.7 Å². The zero-order chi connectivity index (χ0) is 15.1. The second kappa shape index (κ2) is 7.25. The average Bonchev–Trinajstić information content (AvgIpc) is 2.52. The Morgan fingerprint density at radius 2 is 1.81 bits per heavy atom. The van der Waals surface area contributed by atoms with Crippen molar-refractivity contribution in [3.63, 3.8) is 0 Å². The van der Waals surface area contributed by atoms with Gasteiger partial charge in [0.1, 0.15) is 12.4 Å². The number of para-hydroxylation sites is 1. The molecule has 0 bridgehead atoms. The Balaban J connectivity index is 2.01. The SMILES string of the molecule is C#CCOc1ccccc1CNc1ccc(N(C)C)cc1. The van der Waals surface area contributed by atoms with Gasteiger partial charge in [-0.25, -0.2) is 0 Å². The molecule has 108 valence electrons. The molecule has 0 atom stereocenters. The maximum Gasteiger partial charge on any atom is 0.148 e. The van der Waals surface area contributed by atoms with Gasteiger partial charge in [0.05, 0.1) is 0 Å². The number of anilines is 2. The van der Waals surface area contributed by atoms with Crippen LogP contribution in [0.1, 0.15) is 5.56 Å². The Labute approximate surface area is 126 Å². The van der Waals surface area contributed by atoms with E-state index in [1.54, 1.807) is 0 Å². The number of hydrogen-bond acceptors (Lipinski definition) is 3. The van der Waals surface area contributed by atoms with Crippen LogP contribution in [0.15, 0.2) is 48.5 Å². The zero-order valence-corrected chi connectivity index (χ0v) is 12.5. The van der Waals surface area contributed by atoms with Gasteiger partial charge in [-0.3, -0.25) is 0 Å². The number of nitrogens with zero attached hydrogens (tertiary/aromatic N) is 1. The fourth-order valence-electron chi connectivity index (χ4n) is 1.98. The van der Waals surface area contributed by atoms with Crippen molar-refractivity contribution in [1.29, 1.82) is 0 Å². The third-order valence-electron chi connectivity index (χ3n) is 3.15. The van der Waals surface area contributed by atoms with Crippen molar-refractivity contribution in [3.8, 4) is 18.1 Å². The van der Waals surface area contributed by atoms with Gasteiger partial charge in [-0.2, -0.15) is 0 Å². The molecule has 0 heterocycles. The summed E-state index contributed by atoms with van der Waals surface area (Å²) in [6.07, 6.45) is 5.24. The van der Waals surface area contributed by atoms with Gasteiger partial charge < -0.3 is 15.0 Å². The first-order chi connectivity index (χ1) is 10.2. The Bertz CT molecular complexity index is 612. The van der Waals surface area contributed by atoms with Gasteiger partial charge in [-0.1, -0.05) is 24.1 Å². The Hall–Kier alpha value is -2.60. The Morgan fingerprint density at radius 1 is 1.10 bits per heavy atom. The predicted molar refractivity (Wildman–Crippen MR) is 88.9 cm³/mol. The average molecular weight is 280 g/mol. The van der Waals surface area contributed by atoms with Crippen molar-refractivity contribution in [2.45, 2.75) is 6.54 Å². The van der Waals surface area contributed by atoms with Gasteiger partial charge in [-0.15, -0.1) is 6.42 Å². The van der Waals surface area contributed by atoms with Gasteiger partial charge in [0.25, 0.3) is 0 Å². The zero-order valence-electron chi connectivity index (χ0n) is 12.5. The molecule has 0 saturated heterocycles. The quantitative estimate of drug-likeness (QED) is 0.821. The second-order valence-corrected chi connectivity index (χ2v) is 4.90. The maximum atomic E-state index is 5.54. The molecule has 2 aromatic carbocycles. The lowest BCUT2D eigenvalue weighted by atomic mass is 10.2. The van der Waals surface area contributed by atoms with E-state index < -0.39 is 0 Å². The number of rotatable bonds is 6. The summed E-state index contributed by atoms with van der Waals surface area (Å²) in [6.45, 7) is 0.983. The summed E-state index contributed by atoms with van der Waals surface area (Å²) in [5.41, 5.74) is 3.34. The topological polar surface area (TPSA) is 24.5 Å². The molecule has 21 heavy (non-hydrogen) atoms. The van der Waals surface area contributed by atoms with E-state index in [2.05, 4.69) is 40.4 Å². The van der Waals surface area contributed by atoms with E-state index in [9.17, 15) is 0 Å². The van der Waals surface area contributed by atoms with Crippen LogP contribution in [0.5, 0.6) is 5.75 Å². The van der Waals surface area contributed by atoms with Crippen LogP contribution in [-0.2, 0) is 6.54 Å². The van der Waals surface area contributed by atoms with E-state index in [1.807, 2.05) is 38.4 Å². The van der Waals surface area contributed by atoms with Gasteiger partial charge in [0, 0.05) is 37.6 Å².